The van der Waals surface area contributed by atoms with Crippen LogP contribution in [-0.4, -0.2) is 62.2 Å². The third-order valence-corrected chi connectivity index (χ3v) is 4.89. The zero-order valence-corrected chi connectivity index (χ0v) is 12.3. The van der Waals surface area contributed by atoms with Crippen LogP contribution in [-0.2, 0) is 0 Å². The molecule has 1 aliphatic carbocycles. The van der Waals surface area contributed by atoms with Crippen LogP contribution in [0.15, 0.2) is 0 Å². The molecule has 2 aliphatic rings. The van der Waals surface area contributed by atoms with E-state index in [1.165, 1.54) is 64.6 Å². The molecule has 0 spiro atoms. The Balaban J connectivity index is 1.54. The van der Waals surface area contributed by atoms with Crippen LogP contribution in [0.2, 0.25) is 0 Å². The molecule has 3 heteroatoms. The maximum atomic E-state index is 3.66. The largest absolute Gasteiger partial charge is 0.314 e. The summed E-state index contributed by atoms with van der Waals surface area (Å²) in [5, 5.41) is 3.66. The molecule has 1 saturated carbocycles. The van der Waals surface area contributed by atoms with Crippen molar-refractivity contribution < 1.29 is 0 Å². The first kappa shape index (κ1) is 14.3. The molecule has 0 bridgehead atoms. The van der Waals surface area contributed by atoms with Gasteiger partial charge in [0.25, 0.3) is 0 Å². The molecule has 0 amide bonds. The van der Waals surface area contributed by atoms with Crippen LogP contribution < -0.4 is 5.32 Å². The van der Waals surface area contributed by atoms with Crippen molar-refractivity contribution in [3.8, 4) is 0 Å². The molecule has 106 valence electrons. The maximum absolute atomic E-state index is 3.66. The van der Waals surface area contributed by atoms with Crippen molar-refractivity contribution in [2.75, 3.05) is 40.3 Å². The fourth-order valence-electron chi connectivity index (χ4n) is 3.45. The summed E-state index contributed by atoms with van der Waals surface area (Å²) in [7, 11) is 4.57. The minimum atomic E-state index is 0.774. The van der Waals surface area contributed by atoms with Gasteiger partial charge in [0.15, 0.2) is 0 Å². The summed E-state index contributed by atoms with van der Waals surface area (Å²) in [6.45, 7) is 4.82. The van der Waals surface area contributed by atoms with Gasteiger partial charge in [0, 0.05) is 31.7 Å². The van der Waals surface area contributed by atoms with Crippen molar-refractivity contribution in [2.45, 2.75) is 57.0 Å². The molecular formula is C15H31N3. The van der Waals surface area contributed by atoms with E-state index in [2.05, 4.69) is 29.2 Å². The van der Waals surface area contributed by atoms with Crippen molar-refractivity contribution in [1.82, 2.24) is 15.1 Å². The number of hydrogen-bond acceptors (Lipinski definition) is 3. The molecular weight excluding hydrogens is 222 g/mol. The number of hydrogen-bond donors (Lipinski definition) is 1. The fourth-order valence-corrected chi connectivity index (χ4v) is 3.45. The van der Waals surface area contributed by atoms with E-state index in [1.807, 2.05) is 0 Å². The monoisotopic (exact) mass is 253 g/mol. The lowest BCUT2D eigenvalue weighted by Crippen LogP contribution is -2.44. The lowest BCUT2D eigenvalue weighted by molar-refractivity contribution is 0.178. The molecule has 18 heavy (non-hydrogen) atoms. The highest BCUT2D eigenvalue weighted by Gasteiger charge is 2.20. The van der Waals surface area contributed by atoms with E-state index in [4.69, 9.17) is 0 Å². The number of rotatable bonds is 6. The van der Waals surface area contributed by atoms with Crippen molar-refractivity contribution in [3.63, 3.8) is 0 Å². The Bertz CT molecular complexity index is 226. The Hall–Kier alpha value is -0.120. The lowest BCUT2D eigenvalue weighted by Gasteiger charge is -2.33. The van der Waals surface area contributed by atoms with Crippen LogP contribution in [0.5, 0.6) is 0 Å². The molecule has 1 atom stereocenters. The van der Waals surface area contributed by atoms with Crippen molar-refractivity contribution >= 4 is 0 Å². The van der Waals surface area contributed by atoms with Gasteiger partial charge >= 0.3 is 0 Å². The highest BCUT2D eigenvalue weighted by atomic mass is 15.2. The summed E-state index contributed by atoms with van der Waals surface area (Å²) >= 11 is 0. The first-order valence-electron chi connectivity index (χ1n) is 7.88. The molecule has 1 aliphatic heterocycles. The van der Waals surface area contributed by atoms with Gasteiger partial charge in [0.2, 0.25) is 0 Å². The van der Waals surface area contributed by atoms with Crippen molar-refractivity contribution in [1.29, 1.82) is 0 Å². The van der Waals surface area contributed by atoms with Crippen molar-refractivity contribution in [2.24, 2.45) is 0 Å². The zero-order valence-electron chi connectivity index (χ0n) is 12.3. The van der Waals surface area contributed by atoms with Crippen LogP contribution in [0, 0.1) is 0 Å². The zero-order chi connectivity index (χ0) is 12.8. The second-order valence-electron chi connectivity index (χ2n) is 6.25. The summed E-state index contributed by atoms with van der Waals surface area (Å²) in [6.07, 6.45) is 9.90. The van der Waals surface area contributed by atoms with Crippen LogP contribution in [0.25, 0.3) is 0 Å². The molecule has 2 fully saturated rings. The smallest absolute Gasteiger partial charge is 0.0217 e. The van der Waals surface area contributed by atoms with Crippen LogP contribution in [0.3, 0.4) is 0 Å². The van der Waals surface area contributed by atoms with Crippen LogP contribution in [0.1, 0.15) is 44.9 Å². The summed E-state index contributed by atoms with van der Waals surface area (Å²) in [5.41, 5.74) is 0. The van der Waals surface area contributed by atoms with E-state index in [1.54, 1.807) is 0 Å². The minimum absolute atomic E-state index is 0.774. The van der Waals surface area contributed by atoms with E-state index in [-0.39, 0.29) is 0 Å². The second kappa shape index (κ2) is 7.46. The average molecular weight is 253 g/mol. The van der Waals surface area contributed by atoms with Crippen LogP contribution >= 0.6 is 0 Å². The van der Waals surface area contributed by atoms with E-state index < -0.39 is 0 Å². The average Bonchev–Trinajstić information content (AvgIpc) is 2.90. The van der Waals surface area contributed by atoms with Gasteiger partial charge in [0.05, 0.1) is 0 Å². The van der Waals surface area contributed by atoms with Gasteiger partial charge in [0.1, 0.15) is 0 Å². The van der Waals surface area contributed by atoms with Gasteiger partial charge in [-0.15, -0.1) is 0 Å². The minimum Gasteiger partial charge on any atom is -0.314 e. The van der Waals surface area contributed by atoms with E-state index in [0.29, 0.717) is 0 Å². The number of nitrogens with zero attached hydrogens (tertiary/aromatic N) is 2. The summed E-state index contributed by atoms with van der Waals surface area (Å²) in [4.78, 5) is 5.09. The molecule has 1 saturated heterocycles. The third-order valence-electron chi connectivity index (χ3n) is 4.89. The van der Waals surface area contributed by atoms with E-state index in [9.17, 15) is 0 Å². The SMILES string of the molecule is CN(CCNCC1CCCCN1C)C1CCCC1. The maximum Gasteiger partial charge on any atom is 0.0217 e. The summed E-state index contributed by atoms with van der Waals surface area (Å²) in [5.74, 6) is 0. The van der Waals surface area contributed by atoms with Gasteiger partial charge in [-0.2, -0.15) is 0 Å². The molecule has 1 heterocycles. The Morgan fingerprint density at radius 1 is 1.11 bits per heavy atom. The first-order chi connectivity index (χ1) is 8.77. The van der Waals surface area contributed by atoms with Crippen LogP contribution in [0.4, 0.5) is 0 Å². The van der Waals surface area contributed by atoms with Crippen molar-refractivity contribution in [3.05, 3.63) is 0 Å². The summed E-state index contributed by atoms with van der Waals surface area (Å²) in [6, 6.07) is 1.64. The van der Waals surface area contributed by atoms with Gasteiger partial charge < -0.3 is 15.1 Å². The highest BCUT2D eigenvalue weighted by Crippen LogP contribution is 2.21. The standard InChI is InChI=1S/C15H31N3/c1-17-11-6-5-9-15(17)13-16-10-12-18(2)14-7-3-4-8-14/h14-16H,3-13H2,1-2H3. The number of nitrogens with one attached hydrogen (secondary N) is 1. The molecule has 1 N–H and O–H groups in total. The summed E-state index contributed by atoms with van der Waals surface area (Å²) < 4.78 is 0. The fraction of sp³-hybridized carbons (Fsp3) is 1.00. The predicted molar refractivity (Wildman–Crippen MR) is 78.0 cm³/mol. The molecule has 0 aromatic heterocycles. The molecule has 1 unspecified atom stereocenters. The highest BCUT2D eigenvalue weighted by molar-refractivity contribution is 4.78. The van der Waals surface area contributed by atoms with Gasteiger partial charge in [-0.05, 0) is 46.3 Å². The third kappa shape index (κ3) is 4.22. The molecule has 0 aromatic rings. The quantitative estimate of drug-likeness (QED) is 0.730. The van der Waals surface area contributed by atoms with E-state index in [0.717, 1.165) is 18.6 Å². The number of likely N-dealkylation sites (tertiary alicyclic amines) is 1. The number of piperidine rings is 1. The molecule has 3 nitrogen and oxygen atoms in total. The Morgan fingerprint density at radius 3 is 2.56 bits per heavy atom. The van der Waals surface area contributed by atoms with Gasteiger partial charge in [-0.1, -0.05) is 19.3 Å². The Labute approximate surface area is 113 Å². The second-order valence-corrected chi connectivity index (χ2v) is 6.25. The Kier molecular flexibility index (Phi) is 5.93. The van der Waals surface area contributed by atoms with Gasteiger partial charge in [-0.25, -0.2) is 0 Å². The molecule has 0 aromatic carbocycles. The Morgan fingerprint density at radius 2 is 1.83 bits per heavy atom. The molecule has 0 radical (unpaired) electrons. The predicted octanol–water partition coefficient (Wildman–Crippen LogP) is 1.93. The van der Waals surface area contributed by atoms with Gasteiger partial charge in [-0.3, -0.25) is 0 Å². The normalized spacial score (nSPS) is 27.2. The lowest BCUT2D eigenvalue weighted by atomic mass is 10.0. The molecule has 2 rings (SSSR count). The first-order valence-corrected chi connectivity index (χ1v) is 7.88. The van der Waals surface area contributed by atoms with E-state index >= 15 is 0 Å². The topological polar surface area (TPSA) is 18.5 Å². The number of likely N-dealkylation sites (N-methyl/N-ethyl adjacent to an activating group) is 2.